The quantitative estimate of drug-likeness (QED) is 0.791. The molecule has 0 radical (unpaired) electrons. The lowest BCUT2D eigenvalue weighted by Crippen LogP contribution is -1.91. The van der Waals surface area contributed by atoms with Crippen LogP contribution in [-0.2, 0) is 6.42 Å². The lowest BCUT2D eigenvalue weighted by molar-refractivity contribution is 0.0696. The van der Waals surface area contributed by atoms with E-state index in [1.807, 2.05) is 11.4 Å². The fraction of sp³-hybridized carbons (Fsp3) is 0.125. The van der Waals surface area contributed by atoms with Gasteiger partial charge in [-0.3, -0.25) is 0 Å². The van der Waals surface area contributed by atoms with E-state index in [0.717, 1.165) is 11.4 Å². The number of carboxylic acids is 1. The molecule has 3 rings (SSSR count). The average molecular weight is 299 g/mol. The van der Waals surface area contributed by atoms with Crippen molar-refractivity contribution >= 4 is 17.3 Å². The van der Waals surface area contributed by atoms with Crippen LogP contribution in [-0.4, -0.2) is 16.1 Å². The summed E-state index contributed by atoms with van der Waals surface area (Å²) < 4.78 is 5.26. The monoisotopic (exact) mass is 299 g/mol. The Balaban J connectivity index is 1.81. The van der Waals surface area contributed by atoms with Crippen molar-refractivity contribution in [1.29, 1.82) is 0 Å². The van der Waals surface area contributed by atoms with E-state index < -0.39 is 5.97 Å². The molecule has 5 heteroatoms. The molecule has 0 atom stereocenters. The first kappa shape index (κ1) is 13.6. The number of hydrogen-bond donors (Lipinski definition) is 1. The molecule has 0 fully saturated rings. The first-order valence-corrected chi connectivity index (χ1v) is 7.32. The van der Waals surface area contributed by atoms with E-state index in [1.54, 1.807) is 11.3 Å². The van der Waals surface area contributed by atoms with Crippen molar-refractivity contribution in [3.8, 4) is 11.5 Å². The third kappa shape index (κ3) is 3.03. The summed E-state index contributed by atoms with van der Waals surface area (Å²) in [6.45, 7) is 2.06. The SMILES string of the molecule is Cc1cccc(Cc2nc(-c3cc(C(=O)O)co3)cs2)c1. The van der Waals surface area contributed by atoms with Crippen molar-refractivity contribution < 1.29 is 14.3 Å². The van der Waals surface area contributed by atoms with Crippen LogP contribution in [0.2, 0.25) is 0 Å². The first-order chi connectivity index (χ1) is 10.1. The number of rotatable bonds is 4. The second-order valence-electron chi connectivity index (χ2n) is 4.80. The summed E-state index contributed by atoms with van der Waals surface area (Å²) in [5, 5.41) is 11.8. The molecule has 0 spiro atoms. The summed E-state index contributed by atoms with van der Waals surface area (Å²) in [7, 11) is 0. The van der Waals surface area contributed by atoms with Gasteiger partial charge in [-0.15, -0.1) is 11.3 Å². The minimum absolute atomic E-state index is 0.137. The molecule has 4 nitrogen and oxygen atoms in total. The van der Waals surface area contributed by atoms with Crippen LogP contribution in [0.15, 0.2) is 46.4 Å². The maximum absolute atomic E-state index is 10.8. The molecule has 1 N–H and O–H groups in total. The number of benzene rings is 1. The molecule has 0 unspecified atom stereocenters. The van der Waals surface area contributed by atoms with Gasteiger partial charge in [-0.2, -0.15) is 0 Å². The van der Waals surface area contributed by atoms with Crippen LogP contribution in [0.3, 0.4) is 0 Å². The molecule has 2 heterocycles. The van der Waals surface area contributed by atoms with Crippen LogP contribution in [0.5, 0.6) is 0 Å². The fourth-order valence-electron chi connectivity index (χ4n) is 2.08. The van der Waals surface area contributed by atoms with Gasteiger partial charge in [-0.1, -0.05) is 29.8 Å². The summed E-state index contributed by atoms with van der Waals surface area (Å²) in [5.74, 6) is -0.514. The fourth-order valence-corrected chi connectivity index (χ4v) is 2.90. The Morgan fingerprint density at radius 3 is 2.95 bits per heavy atom. The minimum atomic E-state index is -1.000. The number of furan rings is 1. The van der Waals surface area contributed by atoms with Crippen molar-refractivity contribution in [2.45, 2.75) is 13.3 Å². The number of aryl methyl sites for hydroxylation is 1. The number of hydrogen-bond acceptors (Lipinski definition) is 4. The van der Waals surface area contributed by atoms with Crippen LogP contribution in [0.1, 0.15) is 26.5 Å². The largest absolute Gasteiger partial charge is 0.478 e. The number of aromatic carboxylic acids is 1. The highest BCUT2D eigenvalue weighted by Crippen LogP contribution is 2.25. The van der Waals surface area contributed by atoms with Gasteiger partial charge in [0.1, 0.15) is 12.0 Å². The Morgan fingerprint density at radius 1 is 1.38 bits per heavy atom. The Hall–Kier alpha value is -2.40. The molecule has 3 aromatic rings. The first-order valence-electron chi connectivity index (χ1n) is 6.44. The van der Waals surface area contributed by atoms with Gasteiger partial charge in [0.25, 0.3) is 0 Å². The van der Waals surface area contributed by atoms with E-state index in [-0.39, 0.29) is 5.56 Å². The van der Waals surface area contributed by atoms with Crippen molar-refractivity contribution in [2.24, 2.45) is 0 Å². The summed E-state index contributed by atoms with van der Waals surface area (Å²) in [5.41, 5.74) is 3.25. The average Bonchev–Trinajstić information content (AvgIpc) is 3.06. The summed E-state index contributed by atoms with van der Waals surface area (Å²) in [6.07, 6.45) is 2.00. The van der Waals surface area contributed by atoms with Crippen LogP contribution < -0.4 is 0 Å². The lowest BCUT2D eigenvalue weighted by atomic mass is 10.1. The molecule has 0 aliphatic rings. The highest BCUT2D eigenvalue weighted by atomic mass is 32.1. The molecule has 0 bridgehead atoms. The maximum Gasteiger partial charge on any atom is 0.338 e. The highest BCUT2D eigenvalue weighted by molar-refractivity contribution is 7.10. The highest BCUT2D eigenvalue weighted by Gasteiger charge is 2.12. The minimum Gasteiger partial charge on any atom is -0.478 e. The van der Waals surface area contributed by atoms with Gasteiger partial charge in [0, 0.05) is 17.9 Å². The molecule has 2 aromatic heterocycles. The second-order valence-corrected chi connectivity index (χ2v) is 5.74. The van der Waals surface area contributed by atoms with E-state index in [2.05, 4.69) is 30.1 Å². The van der Waals surface area contributed by atoms with Crippen molar-refractivity contribution in [3.05, 3.63) is 63.7 Å². The molecule has 0 saturated heterocycles. The van der Waals surface area contributed by atoms with Gasteiger partial charge < -0.3 is 9.52 Å². The Bertz CT molecular complexity index is 788. The summed E-state index contributed by atoms with van der Waals surface area (Å²) >= 11 is 1.54. The van der Waals surface area contributed by atoms with Crippen LogP contribution in [0.25, 0.3) is 11.5 Å². The number of carbonyl (C=O) groups is 1. The Morgan fingerprint density at radius 2 is 2.24 bits per heavy atom. The van der Waals surface area contributed by atoms with Crippen molar-refractivity contribution in [3.63, 3.8) is 0 Å². The molecular weight excluding hydrogens is 286 g/mol. The normalized spacial score (nSPS) is 10.7. The number of nitrogens with zero attached hydrogens (tertiary/aromatic N) is 1. The lowest BCUT2D eigenvalue weighted by Gasteiger charge is -1.99. The zero-order chi connectivity index (χ0) is 14.8. The third-order valence-electron chi connectivity index (χ3n) is 3.09. The molecule has 0 amide bonds. The number of thiazole rings is 1. The topological polar surface area (TPSA) is 63.3 Å². The van der Waals surface area contributed by atoms with E-state index in [9.17, 15) is 4.79 Å². The molecular formula is C16H13NO3S. The smallest absolute Gasteiger partial charge is 0.338 e. The third-order valence-corrected chi connectivity index (χ3v) is 3.94. The van der Waals surface area contributed by atoms with Gasteiger partial charge in [0.2, 0.25) is 0 Å². The number of carboxylic acid groups (broad SMARTS) is 1. The maximum atomic E-state index is 10.8. The molecule has 0 aliphatic carbocycles. The van der Waals surface area contributed by atoms with Gasteiger partial charge in [0.15, 0.2) is 5.76 Å². The van der Waals surface area contributed by atoms with Gasteiger partial charge >= 0.3 is 5.97 Å². The predicted octanol–water partition coefficient (Wildman–Crippen LogP) is 4.00. The van der Waals surface area contributed by atoms with Crippen molar-refractivity contribution in [1.82, 2.24) is 4.98 Å². The standard InChI is InChI=1S/C16H13NO3S/c1-10-3-2-4-11(5-10)6-15-17-13(9-21-15)14-7-12(8-20-14)16(18)19/h2-5,7-9H,6H2,1H3,(H,18,19). The molecule has 1 aromatic carbocycles. The molecule has 0 aliphatic heterocycles. The van der Waals surface area contributed by atoms with Gasteiger partial charge in [-0.05, 0) is 12.5 Å². The second kappa shape index (κ2) is 5.54. The van der Waals surface area contributed by atoms with Gasteiger partial charge in [0.05, 0.1) is 10.6 Å². The Labute approximate surface area is 125 Å². The zero-order valence-corrected chi connectivity index (χ0v) is 12.2. The van der Waals surface area contributed by atoms with E-state index in [1.165, 1.54) is 23.5 Å². The van der Waals surface area contributed by atoms with Crippen molar-refractivity contribution in [2.75, 3.05) is 0 Å². The molecule has 21 heavy (non-hydrogen) atoms. The number of aromatic nitrogens is 1. The summed E-state index contributed by atoms with van der Waals surface area (Å²) in [4.78, 5) is 15.4. The van der Waals surface area contributed by atoms with Gasteiger partial charge in [-0.25, -0.2) is 9.78 Å². The van der Waals surface area contributed by atoms with E-state index in [0.29, 0.717) is 11.5 Å². The molecule has 0 saturated carbocycles. The van der Waals surface area contributed by atoms with E-state index >= 15 is 0 Å². The summed E-state index contributed by atoms with van der Waals surface area (Å²) in [6, 6.07) is 9.80. The van der Waals surface area contributed by atoms with Crippen LogP contribution in [0, 0.1) is 6.92 Å². The molecule has 106 valence electrons. The Kier molecular flexibility index (Phi) is 3.58. The predicted molar refractivity (Wildman–Crippen MR) is 80.8 cm³/mol. The van der Waals surface area contributed by atoms with E-state index in [4.69, 9.17) is 9.52 Å². The zero-order valence-electron chi connectivity index (χ0n) is 11.4. The van der Waals surface area contributed by atoms with Crippen LogP contribution in [0.4, 0.5) is 0 Å². The van der Waals surface area contributed by atoms with Crippen LogP contribution >= 0.6 is 11.3 Å².